The minimum absolute atomic E-state index is 0.102. The summed E-state index contributed by atoms with van der Waals surface area (Å²) in [7, 11) is 0. The monoisotopic (exact) mass is 289 g/mol. The SMILES string of the molecule is Fc1cccc(Cl)c1[C@@H]1C[C@@H]2Cc3ccccc3N1O2. The van der Waals surface area contributed by atoms with Gasteiger partial charge in [-0.25, -0.2) is 9.45 Å². The van der Waals surface area contributed by atoms with Gasteiger partial charge in [-0.2, -0.15) is 0 Å². The van der Waals surface area contributed by atoms with Gasteiger partial charge in [-0.3, -0.25) is 4.84 Å². The summed E-state index contributed by atoms with van der Waals surface area (Å²) in [4.78, 5) is 5.91. The van der Waals surface area contributed by atoms with E-state index in [0.717, 1.165) is 18.5 Å². The summed E-state index contributed by atoms with van der Waals surface area (Å²) in [6, 6.07) is 12.8. The van der Waals surface area contributed by atoms with Crippen molar-refractivity contribution in [1.82, 2.24) is 0 Å². The summed E-state index contributed by atoms with van der Waals surface area (Å²) in [6.45, 7) is 0. The molecule has 2 bridgehead atoms. The maximum absolute atomic E-state index is 14.2. The molecule has 2 aliphatic rings. The van der Waals surface area contributed by atoms with Gasteiger partial charge in [0.2, 0.25) is 0 Å². The van der Waals surface area contributed by atoms with Crippen LogP contribution in [0.3, 0.4) is 0 Å². The van der Waals surface area contributed by atoms with E-state index in [1.165, 1.54) is 11.6 Å². The Morgan fingerprint density at radius 3 is 2.85 bits per heavy atom. The fourth-order valence-electron chi connectivity index (χ4n) is 3.17. The molecule has 2 atom stereocenters. The number of anilines is 1. The maximum atomic E-state index is 14.2. The van der Waals surface area contributed by atoms with Crippen molar-refractivity contribution in [3.05, 3.63) is 64.4 Å². The third kappa shape index (κ3) is 1.74. The van der Waals surface area contributed by atoms with Crippen LogP contribution in [0.4, 0.5) is 10.1 Å². The Hall–Kier alpha value is -1.58. The molecule has 20 heavy (non-hydrogen) atoms. The van der Waals surface area contributed by atoms with E-state index >= 15 is 0 Å². The van der Waals surface area contributed by atoms with Crippen molar-refractivity contribution in [2.45, 2.75) is 25.0 Å². The first-order chi connectivity index (χ1) is 9.74. The van der Waals surface area contributed by atoms with Crippen LogP contribution in [0.2, 0.25) is 5.02 Å². The first-order valence-corrected chi connectivity index (χ1v) is 7.09. The van der Waals surface area contributed by atoms with Gasteiger partial charge in [-0.05, 0) is 23.8 Å². The van der Waals surface area contributed by atoms with E-state index in [9.17, 15) is 4.39 Å². The van der Waals surface area contributed by atoms with E-state index in [2.05, 4.69) is 6.07 Å². The van der Waals surface area contributed by atoms with Crippen LogP contribution in [-0.2, 0) is 11.3 Å². The highest BCUT2D eigenvalue weighted by molar-refractivity contribution is 6.31. The van der Waals surface area contributed by atoms with Crippen LogP contribution in [0.25, 0.3) is 0 Å². The quantitative estimate of drug-likeness (QED) is 0.776. The minimum atomic E-state index is -0.267. The fraction of sp³-hybridized carbons (Fsp3) is 0.250. The minimum Gasteiger partial charge on any atom is -0.269 e. The molecular formula is C16H13ClFNO. The number of hydrogen-bond acceptors (Lipinski definition) is 2. The number of para-hydroxylation sites is 1. The van der Waals surface area contributed by atoms with E-state index in [-0.39, 0.29) is 18.0 Å². The summed E-state index contributed by atoms with van der Waals surface area (Å²) in [5.74, 6) is -0.267. The van der Waals surface area contributed by atoms with E-state index < -0.39 is 0 Å². The van der Waals surface area contributed by atoms with Crippen LogP contribution in [0.5, 0.6) is 0 Å². The summed E-state index contributed by atoms with van der Waals surface area (Å²) in [5.41, 5.74) is 2.80. The molecule has 2 aliphatic heterocycles. The second-order valence-corrected chi connectivity index (χ2v) is 5.68. The maximum Gasteiger partial charge on any atom is 0.130 e. The Kier molecular flexibility index (Phi) is 2.72. The van der Waals surface area contributed by atoms with Gasteiger partial charge >= 0.3 is 0 Å². The second kappa shape index (κ2) is 4.47. The first kappa shape index (κ1) is 12.2. The van der Waals surface area contributed by atoms with Gasteiger partial charge in [-0.1, -0.05) is 35.9 Å². The molecule has 1 fully saturated rings. The topological polar surface area (TPSA) is 12.5 Å². The molecule has 0 unspecified atom stereocenters. The van der Waals surface area contributed by atoms with Crippen LogP contribution in [0.15, 0.2) is 42.5 Å². The molecule has 102 valence electrons. The lowest BCUT2D eigenvalue weighted by atomic mass is 10.00. The highest BCUT2D eigenvalue weighted by atomic mass is 35.5. The summed E-state index contributed by atoms with van der Waals surface area (Å²) in [5, 5.41) is 2.29. The van der Waals surface area contributed by atoms with Crippen LogP contribution in [0.1, 0.15) is 23.6 Å². The molecule has 0 aromatic heterocycles. The molecule has 2 aromatic carbocycles. The number of benzene rings is 2. The zero-order chi connectivity index (χ0) is 13.7. The molecular weight excluding hydrogens is 277 g/mol. The van der Waals surface area contributed by atoms with Crippen molar-refractivity contribution in [1.29, 1.82) is 0 Å². The molecule has 0 radical (unpaired) electrons. The Balaban J connectivity index is 1.83. The Labute approximate surface area is 121 Å². The third-order valence-corrected chi connectivity index (χ3v) is 4.37. The van der Waals surface area contributed by atoms with Crippen molar-refractivity contribution >= 4 is 17.3 Å². The summed E-state index contributed by atoms with van der Waals surface area (Å²) >= 11 is 6.20. The van der Waals surface area contributed by atoms with Gasteiger partial charge in [-0.15, -0.1) is 0 Å². The number of nitrogens with zero attached hydrogens (tertiary/aromatic N) is 1. The highest BCUT2D eigenvalue weighted by Gasteiger charge is 2.41. The Bertz CT molecular complexity index is 655. The lowest BCUT2D eigenvalue weighted by molar-refractivity contribution is 0.0733. The predicted octanol–water partition coefficient (Wildman–Crippen LogP) is 4.29. The van der Waals surface area contributed by atoms with Crippen molar-refractivity contribution < 1.29 is 9.23 Å². The van der Waals surface area contributed by atoms with E-state index in [4.69, 9.17) is 16.4 Å². The molecule has 0 saturated carbocycles. The van der Waals surface area contributed by atoms with Crippen molar-refractivity contribution in [3.8, 4) is 0 Å². The largest absolute Gasteiger partial charge is 0.269 e. The molecule has 0 amide bonds. The zero-order valence-electron chi connectivity index (χ0n) is 10.7. The highest BCUT2D eigenvalue weighted by Crippen LogP contribution is 2.46. The number of halogens is 2. The van der Waals surface area contributed by atoms with Gasteiger partial charge in [0.1, 0.15) is 5.82 Å². The van der Waals surface area contributed by atoms with Gasteiger partial charge < -0.3 is 0 Å². The van der Waals surface area contributed by atoms with Crippen molar-refractivity contribution in [2.75, 3.05) is 5.06 Å². The van der Waals surface area contributed by atoms with E-state index in [1.807, 2.05) is 23.3 Å². The lowest BCUT2D eigenvalue weighted by Crippen LogP contribution is -2.27. The molecule has 0 N–H and O–H groups in total. The molecule has 4 rings (SSSR count). The number of hydrogen-bond donors (Lipinski definition) is 0. The predicted molar refractivity (Wildman–Crippen MR) is 76.3 cm³/mol. The molecule has 2 aromatic rings. The number of fused-ring (bicyclic) bond motifs is 4. The first-order valence-electron chi connectivity index (χ1n) is 6.72. The van der Waals surface area contributed by atoms with E-state index in [1.54, 1.807) is 12.1 Å². The standard InChI is InChI=1S/C16H13ClFNO/c17-12-5-3-6-13(18)16(12)15-9-11-8-10-4-1-2-7-14(10)19(15)20-11/h1-7,11,15H,8-9H2/t11-,15-/m0/s1. The van der Waals surface area contributed by atoms with Gasteiger partial charge in [0.25, 0.3) is 0 Å². The van der Waals surface area contributed by atoms with E-state index in [0.29, 0.717) is 10.6 Å². The lowest BCUT2D eigenvalue weighted by Gasteiger charge is -2.30. The molecule has 4 heteroatoms. The molecule has 0 spiro atoms. The average molecular weight is 290 g/mol. The third-order valence-electron chi connectivity index (χ3n) is 4.04. The molecule has 2 nitrogen and oxygen atoms in total. The van der Waals surface area contributed by atoms with Crippen LogP contribution in [0, 0.1) is 5.82 Å². The molecule has 1 saturated heterocycles. The van der Waals surface area contributed by atoms with Crippen molar-refractivity contribution in [3.63, 3.8) is 0 Å². The smallest absolute Gasteiger partial charge is 0.130 e. The fourth-order valence-corrected chi connectivity index (χ4v) is 3.46. The van der Waals surface area contributed by atoms with Gasteiger partial charge in [0, 0.05) is 23.4 Å². The molecule has 0 aliphatic carbocycles. The number of hydroxylamine groups is 1. The average Bonchev–Trinajstić information content (AvgIpc) is 2.77. The van der Waals surface area contributed by atoms with Gasteiger partial charge in [0.15, 0.2) is 0 Å². The van der Waals surface area contributed by atoms with Crippen LogP contribution in [-0.4, -0.2) is 6.10 Å². The Morgan fingerprint density at radius 2 is 2.00 bits per heavy atom. The summed E-state index contributed by atoms with van der Waals surface area (Å²) in [6.07, 6.45) is 1.73. The van der Waals surface area contributed by atoms with Crippen LogP contribution >= 0.6 is 11.6 Å². The normalized spacial score (nSPS) is 23.8. The second-order valence-electron chi connectivity index (χ2n) is 5.27. The number of rotatable bonds is 1. The molecule has 2 heterocycles. The zero-order valence-corrected chi connectivity index (χ0v) is 11.5. The Morgan fingerprint density at radius 1 is 1.15 bits per heavy atom. The van der Waals surface area contributed by atoms with Crippen molar-refractivity contribution in [2.24, 2.45) is 0 Å². The summed E-state index contributed by atoms with van der Waals surface area (Å²) < 4.78 is 14.2. The van der Waals surface area contributed by atoms with Gasteiger partial charge in [0.05, 0.1) is 17.8 Å². The van der Waals surface area contributed by atoms with Crippen LogP contribution < -0.4 is 5.06 Å².